The van der Waals surface area contributed by atoms with Crippen LogP contribution in [0.15, 0.2) is 4.42 Å². The van der Waals surface area contributed by atoms with Gasteiger partial charge >= 0.3 is 12.0 Å². The summed E-state index contributed by atoms with van der Waals surface area (Å²) in [6.07, 6.45) is 5.94. The molecule has 0 bridgehead atoms. The molecule has 22 heavy (non-hydrogen) atoms. The highest BCUT2D eigenvalue weighted by Gasteiger charge is 2.28. The molecule has 0 unspecified atom stereocenters. The topological polar surface area (TPSA) is 74.5 Å². The number of hydrogen-bond donors (Lipinski definition) is 1. The molecule has 0 aromatic carbocycles. The second kappa shape index (κ2) is 6.98. The molecule has 1 aromatic rings. The maximum atomic E-state index is 12.3. The average Bonchev–Trinajstić information content (AvgIpc) is 3.20. The van der Waals surface area contributed by atoms with E-state index in [1.807, 2.05) is 9.80 Å². The Labute approximate surface area is 131 Å². The van der Waals surface area contributed by atoms with E-state index in [0.29, 0.717) is 17.9 Å². The van der Waals surface area contributed by atoms with Crippen LogP contribution < -0.4 is 5.32 Å². The molecule has 0 saturated carbocycles. The fourth-order valence-electron chi connectivity index (χ4n) is 3.12. The number of anilines is 1. The first-order chi connectivity index (χ1) is 10.8. The lowest BCUT2D eigenvalue weighted by Crippen LogP contribution is -2.47. The molecular formula is C15H25N5O2. The number of urea groups is 1. The van der Waals surface area contributed by atoms with E-state index in [1.54, 1.807) is 0 Å². The average molecular weight is 307 g/mol. The third-order valence-electron chi connectivity index (χ3n) is 4.40. The number of piperidine rings is 1. The second-order valence-electron chi connectivity index (χ2n) is 6.13. The summed E-state index contributed by atoms with van der Waals surface area (Å²) in [5.41, 5.74) is 0. The van der Waals surface area contributed by atoms with Gasteiger partial charge in [-0.25, -0.2) is 4.79 Å². The first-order valence-electron chi connectivity index (χ1n) is 8.39. The maximum Gasteiger partial charge on any atom is 0.319 e. The molecule has 2 amide bonds. The molecule has 3 rings (SSSR count). The zero-order valence-corrected chi connectivity index (χ0v) is 13.3. The van der Waals surface area contributed by atoms with Crippen molar-refractivity contribution in [3.63, 3.8) is 0 Å². The van der Waals surface area contributed by atoms with E-state index in [1.165, 1.54) is 0 Å². The van der Waals surface area contributed by atoms with Crippen molar-refractivity contribution in [3.8, 4) is 0 Å². The molecule has 0 atom stereocenters. The Balaban J connectivity index is 1.45. The van der Waals surface area contributed by atoms with Crippen molar-refractivity contribution in [2.24, 2.45) is 0 Å². The summed E-state index contributed by atoms with van der Waals surface area (Å²) >= 11 is 0. The minimum atomic E-state index is 0.207. The fourth-order valence-corrected chi connectivity index (χ4v) is 3.12. The largest absolute Gasteiger partial charge is 0.408 e. The number of nitrogens with one attached hydrogen (secondary N) is 1. The number of carbonyl (C=O) groups excluding carboxylic acids is 1. The second-order valence-corrected chi connectivity index (χ2v) is 6.13. The Morgan fingerprint density at radius 2 is 1.86 bits per heavy atom. The molecule has 7 nitrogen and oxygen atoms in total. The van der Waals surface area contributed by atoms with E-state index in [9.17, 15) is 4.79 Å². The fraction of sp³-hybridized carbons (Fsp3) is 0.800. The molecule has 0 aliphatic carbocycles. The predicted molar refractivity (Wildman–Crippen MR) is 82.7 cm³/mol. The summed E-state index contributed by atoms with van der Waals surface area (Å²) in [5.74, 6) is 0.687. The standard InChI is InChI=1S/C15H25N5O2/c1-2-5-13-17-18-14(22-13)16-12-6-10-20(11-7-12)15(21)19-8-3-4-9-19/h12H,2-11H2,1H3,(H,16,18). The van der Waals surface area contributed by atoms with Gasteiger partial charge in [-0.15, -0.1) is 5.10 Å². The van der Waals surface area contributed by atoms with Gasteiger partial charge in [-0.2, -0.15) is 0 Å². The summed E-state index contributed by atoms with van der Waals surface area (Å²) in [6.45, 7) is 5.51. The van der Waals surface area contributed by atoms with Crippen LogP contribution >= 0.6 is 0 Å². The molecule has 1 aromatic heterocycles. The summed E-state index contributed by atoms with van der Waals surface area (Å²) in [4.78, 5) is 16.3. The normalized spacial score (nSPS) is 19.7. The minimum Gasteiger partial charge on any atom is -0.408 e. The molecule has 3 heterocycles. The molecule has 122 valence electrons. The predicted octanol–water partition coefficient (Wildman–Crippen LogP) is 2.11. The van der Waals surface area contributed by atoms with Crippen molar-refractivity contribution in [1.29, 1.82) is 0 Å². The van der Waals surface area contributed by atoms with Gasteiger partial charge in [0.1, 0.15) is 0 Å². The quantitative estimate of drug-likeness (QED) is 0.922. The van der Waals surface area contributed by atoms with Crippen molar-refractivity contribution < 1.29 is 9.21 Å². The van der Waals surface area contributed by atoms with Crippen LogP contribution in [0.1, 0.15) is 44.9 Å². The number of aryl methyl sites for hydroxylation is 1. The van der Waals surface area contributed by atoms with Crippen molar-refractivity contribution in [1.82, 2.24) is 20.0 Å². The monoisotopic (exact) mass is 307 g/mol. The van der Waals surface area contributed by atoms with Crippen LogP contribution in [-0.2, 0) is 6.42 Å². The molecule has 2 fully saturated rings. The van der Waals surface area contributed by atoms with Gasteiger partial charge in [0.25, 0.3) is 0 Å². The molecule has 0 spiro atoms. The number of aromatic nitrogens is 2. The highest BCUT2D eigenvalue weighted by molar-refractivity contribution is 5.74. The molecule has 0 radical (unpaired) electrons. The van der Waals surface area contributed by atoms with Crippen LogP contribution in [0.4, 0.5) is 10.8 Å². The number of amides is 2. The van der Waals surface area contributed by atoms with E-state index in [-0.39, 0.29) is 6.03 Å². The Kier molecular flexibility index (Phi) is 4.80. The van der Waals surface area contributed by atoms with Crippen molar-refractivity contribution in [2.45, 2.75) is 51.5 Å². The Hall–Kier alpha value is -1.79. The summed E-state index contributed by atoms with van der Waals surface area (Å²) in [5, 5.41) is 11.3. The highest BCUT2D eigenvalue weighted by Crippen LogP contribution is 2.19. The number of carbonyl (C=O) groups is 1. The zero-order valence-electron chi connectivity index (χ0n) is 13.3. The number of rotatable bonds is 4. The van der Waals surface area contributed by atoms with E-state index >= 15 is 0 Å². The number of likely N-dealkylation sites (tertiary alicyclic amines) is 2. The Morgan fingerprint density at radius 1 is 1.18 bits per heavy atom. The zero-order chi connectivity index (χ0) is 15.4. The third-order valence-corrected chi connectivity index (χ3v) is 4.40. The third kappa shape index (κ3) is 3.51. The van der Waals surface area contributed by atoms with Crippen molar-refractivity contribution >= 4 is 12.0 Å². The van der Waals surface area contributed by atoms with Gasteiger partial charge in [-0.3, -0.25) is 0 Å². The van der Waals surface area contributed by atoms with Crippen LogP contribution in [0.3, 0.4) is 0 Å². The summed E-state index contributed by atoms with van der Waals surface area (Å²) in [7, 11) is 0. The van der Waals surface area contributed by atoms with Crippen molar-refractivity contribution in [2.75, 3.05) is 31.5 Å². The lowest BCUT2D eigenvalue weighted by atomic mass is 10.1. The highest BCUT2D eigenvalue weighted by atomic mass is 16.4. The van der Waals surface area contributed by atoms with Crippen LogP contribution in [-0.4, -0.2) is 58.2 Å². The van der Waals surface area contributed by atoms with Gasteiger partial charge in [-0.05, 0) is 32.1 Å². The van der Waals surface area contributed by atoms with Gasteiger partial charge in [-0.1, -0.05) is 12.0 Å². The van der Waals surface area contributed by atoms with Crippen LogP contribution in [0.5, 0.6) is 0 Å². The van der Waals surface area contributed by atoms with Gasteiger partial charge in [0.2, 0.25) is 5.89 Å². The molecule has 2 saturated heterocycles. The molecular weight excluding hydrogens is 282 g/mol. The van der Waals surface area contributed by atoms with Gasteiger partial charge in [0, 0.05) is 38.6 Å². The Morgan fingerprint density at radius 3 is 2.55 bits per heavy atom. The maximum absolute atomic E-state index is 12.3. The van der Waals surface area contributed by atoms with Crippen molar-refractivity contribution in [3.05, 3.63) is 5.89 Å². The molecule has 2 aliphatic heterocycles. The molecule has 2 aliphatic rings. The minimum absolute atomic E-state index is 0.207. The van der Waals surface area contributed by atoms with Crippen LogP contribution in [0.2, 0.25) is 0 Å². The van der Waals surface area contributed by atoms with Crippen LogP contribution in [0.25, 0.3) is 0 Å². The van der Waals surface area contributed by atoms with Gasteiger partial charge in [0.15, 0.2) is 0 Å². The van der Waals surface area contributed by atoms with E-state index in [2.05, 4.69) is 22.4 Å². The molecule has 1 N–H and O–H groups in total. The lowest BCUT2D eigenvalue weighted by molar-refractivity contribution is 0.150. The number of nitrogens with zero attached hydrogens (tertiary/aromatic N) is 4. The van der Waals surface area contributed by atoms with Crippen LogP contribution in [0, 0.1) is 0 Å². The van der Waals surface area contributed by atoms with E-state index in [0.717, 1.165) is 64.7 Å². The smallest absolute Gasteiger partial charge is 0.319 e. The first-order valence-corrected chi connectivity index (χ1v) is 8.39. The number of hydrogen-bond acceptors (Lipinski definition) is 5. The summed E-state index contributed by atoms with van der Waals surface area (Å²) in [6, 6.07) is 1.02. The summed E-state index contributed by atoms with van der Waals surface area (Å²) < 4.78 is 5.56. The lowest BCUT2D eigenvalue weighted by Gasteiger charge is -2.34. The SMILES string of the molecule is CCCc1nnc(NC2CCN(C(=O)N3CCCC3)CC2)o1. The molecule has 7 heteroatoms. The first kappa shape index (κ1) is 15.1. The van der Waals surface area contributed by atoms with Gasteiger partial charge < -0.3 is 19.5 Å². The van der Waals surface area contributed by atoms with E-state index < -0.39 is 0 Å². The van der Waals surface area contributed by atoms with Gasteiger partial charge in [0.05, 0.1) is 0 Å². The van der Waals surface area contributed by atoms with E-state index in [4.69, 9.17) is 4.42 Å². The Bertz CT molecular complexity index is 490.